The number of carbonyl (C=O) groups is 1. The Balaban J connectivity index is 2.19. The van der Waals surface area contributed by atoms with Crippen LogP contribution in [0.2, 0.25) is 0 Å². The van der Waals surface area contributed by atoms with Gasteiger partial charge < -0.3 is 9.88 Å². The van der Waals surface area contributed by atoms with Crippen LogP contribution in [0, 0.1) is 0 Å². The zero-order chi connectivity index (χ0) is 18.7. The van der Waals surface area contributed by atoms with E-state index >= 15 is 0 Å². The Morgan fingerprint density at radius 2 is 1.96 bits per heavy atom. The number of imidazole rings is 1. The zero-order valence-electron chi connectivity index (χ0n) is 13.8. The van der Waals surface area contributed by atoms with Crippen molar-refractivity contribution >= 4 is 15.9 Å². The molecule has 1 fully saturated rings. The van der Waals surface area contributed by atoms with E-state index in [4.69, 9.17) is 0 Å². The van der Waals surface area contributed by atoms with Crippen molar-refractivity contribution in [3.63, 3.8) is 0 Å². The average molecular weight is 382 g/mol. The first kappa shape index (κ1) is 19.7. The van der Waals surface area contributed by atoms with Crippen LogP contribution >= 0.6 is 0 Å². The summed E-state index contributed by atoms with van der Waals surface area (Å²) >= 11 is 0. The molecule has 0 spiro atoms. The number of alkyl halides is 3. The first-order chi connectivity index (χ1) is 11.6. The van der Waals surface area contributed by atoms with E-state index in [1.807, 2.05) is 5.32 Å². The van der Waals surface area contributed by atoms with Gasteiger partial charge in [0.1, 0.15) is 12.1 Å². The number of nitrogens with one attached hydrogen (secondary N) is 1. The van der Waals surface area contributed by atoms with Crippen molar-refractivity contribution in [1.29, 1.82) is 0 Å². The number of carbonyl (C=O) groups excluding carboxylic acids is 1. The summed E-state index contributed by atoms with van der Waals surface area (Å²) in [6.07, 6.45) is 0.409. The molecular formula is C14H21F3N4O3S. The standard InChI is InChI=1S/C14H21F3N4O3S/c1-2-9-25(23,24)21-6-3-13(4-7-21,20-8-5-18-11-20)12(22)19-10-14(15,16)17/h5,8,11H,2-4,6-7,9-10H2,1H3,(H,19,22). The van der Waals surface area contributed by atoms with Crippen molar-refractivity contribution in [3.05, 3.63) is 18.7 Å². The van der Waals surface area contributed by atoms with Gasteiger partial charge in [-0.05, 0) is 19.3 Å². The van der Waals surface area contributed by atoms with Gasteiger partial charge in [-0.3, -0.25) is 4.79 Å². The monoisotopic (exact) mass is 382 g/mol. The van der Waals surface area contributed by atoms with E-state index in [2.05, 4.69) is 4.98 Å². The van der Waals surface area contributed by atoms with E-state index in [1.54, 1.807) is 6.92 Å². The fraction of sp³-hybridized carbons (Fsp3) is 0.714. The number of halogens is 3. The van der Waals surface area contributed by atoms with Crippen LogP contribution in [-0.2, 0) is 20.4 Å². The summed E-state index contributed by atoms with van der Waals surface area (Å²) in [7, 11) is -3.42. The van der Waals surface area contributed by atoms with Crippen LogP contribution in [0.15, 0.2) is 18.7 Å². The van der Waals surface area contributed by atoms with Crippen molar-refractivity contribution in [2.75, 3.05) is 25.4 Å². The molecule has 0 radical (unpaired) electrons. The van der Waals surface area contributed by atoms with E-state index < -0.39 is 34.2 Å². The van der Waals surface area contributed by atoms with Gasteiger partial charge in [-0.15, -0.1) is 0 Å². The highest BCUT2D eigenvalue weighted by Crippen LogP contribution is 2.32. The summed E-state index contributed by atoms with van der Waals surface area (Å²) < 4.78 is 64.4. The Hall–Kier alpha value is -1.62. The number of hydrogen-bond acceptors (Lipinski definition) is 4. The number of sulfonamides is 1. The molecule has 1 aliphatic heterocycles. The third-order valence-electron chi connectivity index (χ3n) is 4.28. The lowest BCUT2D eigenvalue weighted by Crippen LogP contribution is -2.56. The van der Waals surface area contributed by atoms with E-state index in [0.717, 1.165) is 0 Å². The molecular weight excluding hydrogens is 361 g/mol. The summed E-state index contributed by atoms with van der Waals surface area (Å²) in [5, 5.41) is 1.92. The lowest BCUT2D eigenvalue weighted by atomic mass is 9.87. The summed E-state index contributed by atoms with van der Waals surface area (Å²) in [5.41, 5.74) is -1.28. The van der Waals surface area contributed by atoms with Crippen LogP contribution in [0.4, 0.5) is 13.2 Å². The SMILES string of the molecule is CCCS(=O)(=O)N1CCC(C(=O)NCC(F)(F)F)(n2ccnc2)CC1. The first-order valence-corrected chi connectivity index (χ1v) is 9.53. The Morgan fingerprint density at radius 3 is 2.44 bits per heavy atom. The summed E-state index contributed by atoms with van der Waals surface area (Å²) in [4.78, 5) is 16.4. The second-order valence-corrected chi connectivity index (χ2v) is 8.10. The van der Waals surface area contributed by atoms with Gasteiger partial charge in [-0.25, -0.2) is 17.7 Å². The first-order valence-electron chi connectivity index (χ1n) is 7.92. The largest absolute Gasteiger partial charge is 0.405 e. The molecule has 2 rings (SSSR count). The van der Waals surface area contributed by atoms with E-state index in [1.165, 1.54) is 27.6 Å². The summed E-state index contributed by atoms with van der Waals surface area (Å²) in [6, 6.07) is 0. The molecule has 0 aromatic carbocycles. The van der Waals surface area contributed by atoms with Crippen LogP contribution in [0.25, 0.3) is 0 Å². The third kappa shape index (κ3) is 4.51. The molecule has 1 aromatic heterocycles. The Bertz CT molecular complexity index is 681. The topological polar surface area (TPSA) is 84.3 Å². The minimum atomic E-state index is -4.52. The maximum Gasteiger partial charge on any atom is 0.405 e. The average Bonchev–Trinajstić information content (AvgIpc) is 3.06. The molecule has 7 nitrogen and oxygen atoms in total. The van der Waals surface area contributed by atoms with Crippen molar-refractivity contribution in [2.24, 2.45) is 0 Å². The number of rotatable bonds is 6. The number of hydrogen-bond donors (Lipinski definition) is 1. The fourth-order valence-corrected chi connectivity index (χ4v) is 4.49. The van der Waals surface area contributed by atoms with Crippen molar-refractivity contribution in [2.45, 2.75) is 37.9 Å². The quantitative estimate of drug-likeness (QED) is 0.798. The molecule has 0 atom stereocenters. The van der Waals surface area contributed by atoms with Crippen molar-refractivity contribution in [3.8, 4) is 0 Å². The maximum atomic E-state index is 12.5. The van der Waals surface area contributed by atoms with Crippen LogP contribution in [0.3, 0.4) is 0 Å². The van der Waals surface area contributed by atoms with Crippen LogP contribution in [0.5, 0.6) is 0 Å². The van der Waals surface area contributed by atoms with Gasteiger partial charge in [-0.2, -0.15) is 13.2 Å². The minimum Gasteiger partial charge on any atom is -0.345 e. The van der Waals surface area contributed by atoms with Gasteiger partial charge in [0.25, 0.3) is 0 Å². The summed E-state index contributed by atoms with van der Waals surface area (Å²) in [5.74, 6) is -0.777. The molecule has 0 saturated carbocycles. The smallest absolute Gasteiger partial charge is 0.345 e. The predicted octanol–water partition coefficient (Wildman–Crippen LogP) is 1.09. The van der Waals surface area contributed by atoms with Gasteiger partial charge in [-0.1, -0.05) is 6.92 Å². The molecule has 0 bridgehead atoms. The molecule has 1 N–H and O–H groups in total. The molecule has 2 heterocycles. The molecule has 142 valence electrons. The van der Waals surface area contributed by atoms with Crippen molar-refractivity contribution < 1.29 is 26.4 Å². The Morgan fingerprint density at radius 1 is 1.32 bits per heavy atom. The van der Waals surface area contributed by atoms with E-state index in [0.29, 0.717) is 6.42 Å². The zero-order valence-corrected chi connectivity index (χ0v) is 14.6. The van der Waals surface area contributed by atoms with Gasteiger partial charge in [0.05, 0.1) is 12.1 Å². The van der Waals surface area contributed by atoms with Gasteiger partial charge >= 0.3 is 6.18 Å². The Labute approximate surface area is 144 Å². The van der Waals surface area contributed by atoms with Crippen LogP contribution < -0.4 is 5.32 Å². The van der Waals surface area contributed by atoms with Gasteiger partial charge in [0, 0.05) is 25.5 Å². The highest BCUT2D eigenvalue weighted by Gasteiger charge is 2.45. The summed E-state index contributed by atoms with van der Waals surface area (Å²) in [6.45, 7) is 0.460. The second-order valence-electron chi connectivity index (χ2n) is 6.01. The predicted molar refractivity (Wildman–Crippen MR) is 84.2 cm³/mol. The molecule has 1 aliphatic rings. The molecule has 0 aliphatic carbocycles. The normalized spacial score (nSPS) is 18.9. The van der Waals surface area contributed by atoms with Crippen LogP contribution in [-0.4, -0.2) is 59.7 Å². The molecule has 25 heavy (non-hydrogen) atoms. The lowest BCUT2D eigenvalue weighted by molar-refractivity contribution is -0.145. The van der Waals surface area contributed by atoms with Gasteiger partial charge in [0.2, 0.25) is 15.9 Å². The number of piperidine rings is 1. The maximum absolute atomic E-state index is 12.5. The van der Waals surface area contributed by atoms with E-state index in [-0.39, 0.29) is 31.7 Å². The second kappa shape index (κ2) is 7.32. The van der Waals surface area contributed by atoms with Crippen molar-refractivity contribution in [1.82, 2.24) is 19.2 Å². The highest BCUT2D eigenvalue weighted by molar-refractivity contribution is 7.89. The lowest BCUT2D eigenvalue weighted by Gasteiger charge is -2.40. The number of nitrogens with zero attached hydrogens (tertiary/aromatic N) is 3. The van der Waals surface area contributed by atoms with Gasteiger partial charge in [0.15, 0.2) is 0 Å². The molecule has 1 aromatic rings. The number of aromatic nitrogens is 2. The number of amides is 1. The van der Waals surface area contributed by atoms with E-state index in [9.17, 15) is 26.4 Å². The molecule has 1 saturated heterocycles. The molecule has 11 heteroatoms. The molecule has 0 unspecified atom stereocenters. The molecule has 1 amide bonds. The third-order valence-corrected chi connectivity index (χ3v) is 6.35. The Kier molecular flexibility index (Phi) is 5.77. The highest BCUT2D eigenvalue weighted by atomic mass is 32.2. The fourth-order valence-electron chi connectivity index (χ4n) is 2.98. The van der Waals surface area contributed by atoms with Crippen LogP contribution in [0.1, 0.15) is 26.2 Å². The minimum absolute atomic E-state index is 0.00530.